The van der Waals surface area contributed by atoms with E-state index in [-0.39, 0.29) is 11.2 Å². The lowest BCUT2D eigenvalue weighted by atomic mass is 10.2. The third-order valence-corrected chi connectivity index (χ3v) is 4.01. The molecule has 1 aromatic carbocycles. The standard InChI is InChI=1S/C16H21N3O3S/c1-10(2)9-17-14(20)11(3)23-16-19-18-15(22-16)12-5-7-13(21-4)8-6-12/h5-8,10-11H,9H2,1-4H3,(H,17,20)/t11-/m1/s1. The van der Waals surface area contributed by atoms with E-state index in [0.29, 0.717) is 23.6 Å². The molecule has 0 radical (unpaired) electrons. The van der Waals surface area contributed by atoms with Crippen molar-refractivity contribution in [2.45, 2.75) is 31.2 Å². The molecule has 0 aliphatic carbocycles. The summed E-state index contributed by atoms with van der Waals surface area (Å²) in [5, 5.41) is 11.0. The third kappa shape index (κ3) is 4.99. The van der Waals surface area contributed by atoms with Crippen LogP contribution in [-0.4, -0.2) is 35.0 Å². The Hall–Kier alpha value is -2.02. The Kier molecular flexibility index (Phi) is 6.04. The van der Waals surface area contributed by atoms with Gasteiger partial charge in [0.2, 0.25) is 11.8 Å². The van der Waals surface area contributed by atoms with E-state index in [4.69, 9.17) is 9.15 Å². The van der Waals surface area contributed by atoms with Crippen molar-refractivity contribution in [3.63, 3.8) is 0 Å². The molecule has 0 bridgehead atoms. The van der Waals surface area contributed by atoms with Crippen molar-refractivity contribution in [2.75, 3.05) is 13.7 Å². The van der Waals surface area contributed by atoms with Gasteiger partial charge in [0.05, 0.1) is 12.4 Å². The topological polar surface area (TPSA) is 77.2 Å². The highest BCUT2D eigenvalue weighted by molar-refractivity contribution is 8.00. The average Bonchev–Trinajstić information content (AvgIpc) is 3.01. The number of benzene rings is 1. The van der Waals surface area contributed by atoms with Gasteiger partial charge in [-0.05, 0) is 37.1 Å². The van der Waals surface area contributed by atoms with Crippen molar-refractivity contribution in [2.24, 2.45) is 5.92 Å². The van der Waals surface area contributed by atoms with E-state index in [2.05, 4.69) is 29.4 Å². The first-order chi connectivity index (χ1) is 11.0. The van der Waals surface area contributed by atoms with Gasteiger partial charge in [0.15, 0.2) is 0 Å². The molecule has 7 heteroatoms. The molecule has 0 unspecified atom stereocenters. The largest absolute Gasteiger partial charge is 0.497 e. The number of amides is 1. The Morgan fingerprint density at radius 1 is 1.26 bits per heavy atom. The van der Waals surface area contributed by atoms with Crippen LogP contribution in [0.1, 0.15) is 20.8 Å². The van der Waals surface area contributed by atoms with Gasteiger partial charge in [-0.15, -0.1) is 10.2 Å². The van der Waals surface area contributed by atoms with Crippen LogP contribution in [0.2, 0.25) is 0 Å². The number of nitrogens with zero attached hydrogens (tertiary/aromatic N) is 2. The molecule has 0 saturated heterocycles. The van der Waals surface area contributed by atoms with Gasteiger partial charge < -0.3 is 14.5 Å². The number of methoxy groups -OCH3 is 1. The Morgan fingerprint density at radius 3 is 2.57 bits per heavy atom. The van der Waals surface area contributed by atoms with Crippen molar-refractivity contribution in [3.05, 3.63) is 24.3 Å². The summed E-state index contributed by atoms with van der Waals surface area (Å²) in [5.74, 6) is 1.57. The smallest absolute Gasteiger partial charge is 0.277 e. The minimum Gasteiger partial charge on any atom is -0.497 e. The Labute approximate surface area is 140 Å². The second kappa shape index (κ2) is 8.01. The first-order valence-corrected chi connectivity index (χ1v) is 8.30. The molecule has 1 heterocycles. The molecule has 0 aliphatic heterocycles. The quantitative estimate of drug-likeness (QED) is 0.784. The molecule has 0 saturated carbocycles. The number of aromatic nitrogens is 2. The highest BCUT2D eigenvalue weighted by Gasteiger charge is 2.18. The molecule has 1 N–H and O–H groups in total. The first kappa shape index (κ1) is 17.3. The van der Waals surface area contributed by atoms with Crippen LogP contribution in [0.3, 0.4) is 0 Å². The fraction of sp³-hybridized carbons (Fsp3) is 0.438. The highest BCUT2D eigenvalue weighted by Crippen LogP contribution is 2.27. The predicted octanol–water partition coefficient (Wildman–Crippen LogP) is 3.00. The lowest BCUT2D eigenvalue weighted by Crippen LogP contribution is -2.33. The average molecular weight is 335 g/mol. The molecule has 2 rings (SSSR count). The van der Waals surface area contributed by atoms with Gasteiger partial charge in [0, 0.05) is 12.1 Å². The summed E-state index contributed by atoms with van der Waals surface area (Å²) in [6.07, 6.45) is 0. The fourth-order valence-electron chi connectivity index (χ4n) is 1.76. The van der Waals surface area contributed by atoms with Gasteiger partial charge in [-0.1, -0.05) is 25.6 Å². The van der Waals surface area contributed by atoms with Crippen molar-refractivity contribution < 1.29 is 13.9 Å². The monoisotopic (exact) mass is 335 g/mol. The summed E-state index contributed by atoms with van der Waals surface area (Å²) in [6.45, 7) is 6.58. The summed E-state index contributed by atoms with van der Waals surface area (Å²) in [6, 6.07) is 7.35. The summed E-state index contributed by atoms with van der Waals surface area (Å²) in [7, 11) is 1.61. The Morgan fingerprint density at radius 2 is 1.96 bits per heavy atom. The second-order valence-electron chi connectivity index (χ2n) is 5.50. The molecule has 124 valence electrons. The molecule has 2 aromatic rings. The Bertz CT molecular complexity index is 640. The molecular formula is C16H21N3O3S. The normalized spacial score (nSPS) is 12.2. The van der Waals surface area contributed by atoms with Crippen LogP contribution in [0.5, 0.6) is 5.75 Å². The number of carbonyl (C=O) groups excluding carboxylic acids is 1. The zero-order valence-corrected chi connectivity index (χ0v) is 14.5. The van der Waals surface area contributed by atoms with Crippen molar-refractivity contribution in [3.8, 4) is 17.2 Å². The molecule has 6 nitrogen and oxygen atoms in total. The maximum atomic E-state index is 12.0. The van der Waals surface area contributed by atoms with Crippen molar-refractivity contribution >= 4 is 17.7 Å². The zero-order chi connectivity index (χ0) is 16.8. The second-order valence-corrected chi connectivity index (χ2v) is 6.79. The zero-order valence-electron chi connectivity index (χ0n) is 13.7. The number of thioether (sulfide) groups is 1. The van der Waals surface area contributed by atoms with Gasteiger partial charge in [-0.2, -0.15) is 0 Å². The Balaban J connectivity index is 1.97. The third-order valence-electron chi connectivity index (χ3n) is 3.07. The number of nitrogens with one attached hydrogen (secondary N) is 1. The number of hydrogen-bond acceptors (Lipinski definition) is 6. The molecule has 1 amide bonds. The number of rotatable bonds is 7. The van der Waals surface area contributed by atoms with E-state index in [1.807, 2.05) is 31.2 Å². The van der Waals surface area contributed by atoms with E-state index in [1.165, 1.54) is 11.8 Å². The van der Waals surface area contributed by atoms with Gasteiger partial charge in [-0.25, -0.2) is 0 Å². The minimum atomic E-state index is -0.294. The van der Waals surface area contributed by atoms with Gasteiger partial charge in [-0.3, -0.25) is 4.79 Å². The van der Waals surface area contributed by atoms with Crippen LogP contribution in [0.25, 0.3) is 11.5 Å². The van der Waals surface area contributed by atoms with Gasteiger partial charge in [0.1, 0.15) is 5.75 Å². The van der Waals surface area contributed by atoms with E-state index in [9.17, 15) is 4.79 Å². The number of carbonyl (C=O) groups is 1. The molecule has 0 aliphatic rings. The van der Waals surface area contributed by atoms with E-state index in [0.717, 1.165) is 11.3 Å². The van der Waals surface area contributed by atoms with E-state index in [1.54, 1.807) is 7.11 Å². The molecule has 0 fully saturated rings. The van der Waals surface area contributed by atoms with Gasteiger partial charge in [0.25, 0.3) is 5.22 Å². The lowest BCUT2D eigenvalue weighted by Gasteiger charge is -2.11. The van der Waals surface area contributed by atoms with Gasteiger partial charge >= 0.3 is 0 Å². The minimum absolute atomic E-state index is 0.0344. The number of hydrogen-bond donors (Lipinski definition) is 1. The highest BCUT2D eigenvalue weighted by atomic mass is 32.2. The summed E-state index contributed by atoms with van der Waals surface area (Å²) in [4.78, 5) is 12.0. The van der Waals surface area contributed by atoms with Crippen LogP contribution in [0.15, 0.2) is 33.9 Å². The van der Waals surface area contributed by atoms with Crippen LogP contribution in [0, 0.1) is 5.92 Å². The SMILES string of the molecule is COc1ccc(-c2nnc(S[C@H](C)C(=O)NCC(C)C)o2)cc1. The van der Waals surface area contributed by atoms with Crippen LogP contribution >= 0.6 is 11.8 Å². The molecule has 0 spiro atoms. The van der Waals surface area contributed by atoms with Crippen LogP contribution < -0.4 is 10.1 Å². The molecular weight excluding hydrogens is 314 g/mol. The molecule has 1 atom stereocenters. The number of ether oxygens (including phenoxy) is 1. The van der Waals surface area contributed by atoms with Crippen molar-refractivity contribution in [1.82, 2.24) is 15.5 Å². The summed E-state index contributed by atoms with van der Waals surface area (Å²) < 4.78 is 10.7. The molecule has 23 heavy (non-hydrogen) atoms. The van der Waals surface area contributed by atoms with Crippen LogP contribution in [-0.2, 0) is 4.79 Å². The summed E-state index contributed by atoms with van der Waals surface area (Å²) in [5.41, 5.74) is 0.807. The predicted molar refractivity (Wildman–Crippen MR) is 89.5 cm³/mol. The molecule has 1 aromatic heterocycles. The fourth-order valence-corrected chi connectivity index (χ4v) is 2.47. The van der Waals surface area contributed by atoms with Crippen molar-refractivity contribution in [1.29, 1.82) is 0 Å². The van der Waals surface area contributed by atoms with Crippen LogP contribution in [0.4, 0.5) is 0 Å². The maximum absolute atomic E-state index is 12.0. The van der Waals surface area contributed by atoms with E-state index < -0.39 is 0 Å². The lowest BCUT2D eigenvalue weighted by molar-refractivity contribution is -0.120. The maximum Gasteiger partial charge on any atom is 0.277 e. The first-order valence-electron chi connectivity index (χ1n) is 7.42. The van der Waals surface area contributed by atoms with E-state index >= 15 is 0 Å². The summed E-state index contributed by atoms with van der Waals surface area (Å²) >= 11 is 1.25.